The molecule has 0 amide bonds. The summed E-state index contributed by atoms with van der Waals surface area (Å²) in [5, 5.41) is 0. The van der Waals surface area contributed by atoms with Crippen LogP contribution in [0.4, 0.5) is 0 Å². The molecule has 1 aromatic carbocycles. The number of rotatable bonds is 22. The van der Waals surface area contributed by atoms with Crippen LogP contribution in [-0.2, 0) is 0 Å². The van der Waals surface area contributed by atoms with Crippen molar-refractivity contribution in [2.24, 2.45) is 0 Å². The highest BCUT2D eigenvalue weighted by Gasteiger charge is 2.12. The van der Waals surface area contributed by atoms with Crippen molar-refractivity contribution in [1.82, 2.24) is 0 Å². The van der Waals surface area contributed by atoms with Gasteiger partial charge in [-0.2, -0.15) is 0 Å². The van der Waals surface area contributed by atoms with Crippen LogP contribution in [0.5, 0.6) is 11.5 Å². The highest BCUT2D eigenvalue weighted by Crippen LogP contribution is 2.28. The summed E-state index contributed by atoms with van der Waals surface area (Å²) in [4.78, 5) is 22.9. The van der Waals surface area contributed by atoms with Gasteiger partial charge in [0, 0.05) is 6.07 Å². The second kappa shape index (κ2) is 19.8. The molecule has 1 aromatic rings. The Kier molecular flexibility index (Phi) is 17.5. The van der Waals surface area contributed by atoms with Gasteiger partial charge in [0.25, 0.3) is 0 Å². The van der Waals surface area contributed by atoms with Crippen LogP contribution < -0.4 is 9.47 Å². The molecular formula is C28H46O4. The summed E-state index contributed by atoms with van der Waals surface area (Å²) in [7, 11) is 0. The van der Waals surface area contributed by atoms with E-state index in [4.69, 9.17) is 9.47 Å². The van der Waals surface area contributed by atoms with E-state index in [2.05, 4.69) is 13.8 Å². The van der Waals surface area contributed by atoms with E-state index in [-0.39, 0.29) is 0 Å². The van der Waals surface area contributed by atoms with Crippen LogP contribution in [0.1, 0.15) is 137 Å². The van der Waals surface area contributed by atoms with Crippen LogP contribution >= 0.6 is 0 Å². The summed E-state index contributed by atoms with van der Waals surface area (Å²) in [6.45, 7) is 5.63. The third-order valence-electron chi connectivity index (χ3n) is 5.91. The molecule has 0 aliphatic heterocycles. The molecule has 182 valence electrons. The van der Waals surface area contributed by atoms with Crippen molar-refractivity contribution in [1.29, 1.82) is 0 Å². The maximum Gasteiger partial charge on any atom is 0.153 e. The van der Waals surface area contributed by atoms with Gasteiger partial charge in [-0.3, -0.25) is 9.59 Å². The Hall–Kier alpha value is -1.84. The molecule has 1 rings (SSSR count). The molecule has 0 unspecified atom stereocenters. The van der Waals surface area contributed by atoms with Gasteiger partial charge < -0.3 is 9.47 Å². The molecule has 0 radical (unpaired) electrons. The third-order valence-corrected chi connectivity index (χ3v) is 5.91. The third kappa shape index (κ3) is 12.9. The molecule has 0 heterocycles. The first-order valence-electron chi connectivity index (χ1n) is 13.1. The summed E-state index contributed by atoms with van der Waals surface area (Å²) in [6, 6.07) is 3.29. The fraction of sp³-hybridized carbons (Fsp3) is 0.714. The van der Waals surface area contributed by atoms with Crippen LogP contribution in [0.25, 0.3) is 0 Å². The number of hydrogen-bond donors (Lipinski definition) is 0. The summed E-state index contributed by atoms with van der Waals surface area (Å²) >= 11 is 0. The van der Waals surface area contributed by atoms with Crippen molar-refractivity contribution in [3.63, 3.8) is 0 Å². The average molecular weight is 447 g/mol. The fourth-order valence-electron chi connectivity index (χ4n) is 3.87. The number of carbonyl (C=O) groups excluding carboxylic acids is 2. The van der Waals surface area contributed by atoms with E-state index in [1.165, 1.54) is 77.0 Å². The van der Waals surface area contributed by atoms with Crippen molar-refractivity contribution in [2.75, 3.05) is 13.2 Å². The lowest BCUT2D eigenvalue weighted by Crippen LogP contribution is -2.05. The first-order chi connectivity index (χ1) is 15.8. The lowest BCUT2D eigenvalue weighted by atomic mass is 10.1. The first kappa shape index (κ1) is 28.2. The van der Waals surface area contributed by atoms with E-state index in [1.54, 1.807) is 12.1 Å². The monoisotopic (exact) mass is 446 g/mol. The van der Waals surface area contributed by atoms with Gasteiger partial charge in [0.2, 0.25) is 0 Å². The Labute approximate surface area is 196 Å². The van der Waals surface area contributed by atoms with Crippen LogP contribution in [0.2, 0.25) is 0 Å². The standard InChI is InChI=1S/C28H46O4/c1-3-5-7-9-11-13-15-17-19-31-27-22-28(26(24-30)21-25(27)23-29)32-20-18-16-14-12-10-8-6-4-2/h21-24H,3-20H2,1-2H3. The second-order valence-corrected chi connectivity index (χ2v) is 8.81. The largest absolute Gasteiger partial charge is 0.493 e. The van der Waals surface area contributed by atoms with Gasteiger partial charge in [0.05, 0.1) is 24.3 Å². The fourth-order valence-corrected chi connectivity index (χ4v) is 3.87. The minimum Gasteiger partial charge on any atom is -0.493 e. The Balaban J connectivity index is 2.37. The molecule has 0 bridgehead atoms. The average Bonchev–Trinajstić information content (AvgIpc) is 2.81. The quantitative estimate of drug-likeness (QED) is 0.133. The predicted octanol–water partition coefficient (Wildman–Crippen LogP) is 8.35. The topological polar surface area (TPSA) is 52.6 Å². The van der Waals surface area contributed by atoms with Gasteiger partial charge in [-0.1, -0.05) is 104 Å². The molecule has 0 fully saturated rings. The van der Waals surface area contributed by atoms with Crippen LogP contribution in [0.3, 0.4) is 0 Å². The number of hydrogen-bond acceptors (Lipinski definition) is 4. The van der Waals surface area contributed by atoms with Gasteiger partial charge in [0.1, 0.15) is 11.5 Å². The number of ether oxygens (including phenoxy) is 2. The minimum absolute atomic E-state index is 0.408. The van der Waals surface area contributed by atoms with E-state index < -0.39 is 0 Å². The zero-order valence-corrected chi connectivity index (χ0v) is 20.7. The molecule has 4 heteroatoms. The summed E-state index contributed by atoms with van der Waals surface area (Å²) in [5.41, 5.74) is 0.817. The van der Waals surface area contributed by atoms with E-state index in [0.717, 1.165) is 38.3 Å². The molecule has 0 saturated heterocycles. The van der Waals surface area contributed by atoms with Gasteiger partial charge in [-0.15, -0.1) is 0 Å². The molecule has 0 aromatic heterocycles. The number of benzene rings is 1. The minimum atomic E-state index is 0.408. The molecule has 32 heavy (non-hydrogen) atoms. The smallest absolute Gasteiger partial charge is 0.153 e. The highest BCUT2D eigenvalue weighted by molar-refractivity contribution is 5.87. The van der Waals surface area contributed by atoms with E-state index in [0.29, 0.717) is 35.8 Å². The number of unbranched alkanes of at least 4 members (excludes halogenated alkanes) is 14. The van der Waals surface area contributed by atoms with Crippen LogP contribution in [0.15, 0.2) is 12.1 Å². The maximum atomic E-state index is 11.5. The second-order valence-electron chi connectivity index (χ2n) is 8.81. The zero-order valence-electron chi connectivity index (χ0n) is 20.7. The highest BCUT2D eigenvalue weighted by atomic mass is 16.5. The van der Waals surface area contributed by atoms with Crippen molar-refractivity contribution < 1.29 is 19.1 Å². The van der Waals surface area contributed by atoms with Gasteiger partial charge in [-0.25, -0.2) is 0 Å². The molecule has 0 spiro atoms. The van der Waals surface area contributed by atoms with Crippen molar-refractivity contribution in [3.8, 4) is 11.5 Å². The maximum absolute atomic E-state index is 11.5. The van der Waals surface area contributed by atoms with Crippen LogP contribution in [-0.4, -0.2) is 25.8 Å². The van der Waals surface area contributed by atoms with Gasteiger partial charge >= 0.3 is 0 Å². The Bertz CT molecular complexity index is 562. The van der Waals surface area contributed by atoms with E-state index >= 15 is 0 Å². The molecule has 0 atom stereocenters. The Morgan fingerprint density at radius 3 is 1.22 bits per heavy atom. The van der Waals surface area contributed by atoms with Crippen molar-refractivity contribution in [2.45, 2.75) is 117 Å². The summed E-state index contributed by atoms with van der Waals surface area (Å²) in [6.07, 6.45) is 21.2. The molecule has 0 aliphatic carbocycles. The molecule has 0 saturated carbocycles. The van der Waals surface area contributed by atoms with Gasteiger partial charge in [-0.05, 0) is 18.9 Å². The summed E-state index contributed by atoms with van der Waals surface area (Å²) < 4.78 is 11.8. The van der Waals surface area contributed by atoms with Crippen molar-refractivity contribution >= 4 is 12.6 Å². The SMILES string of the molecule is CCCCCCCCCCOc1cc(OCCCCCCCCCC)c(C=O)cc1C=O. The molecule has 0 aliphatic rings. The normalized spacial score (nSPS) is 10.8. The Morgan fingerprint density at radius 1 is 0.531 bits per heavy atom. The summed E-state index contributed by atoms with van der Waals surface area (Å²) in [5.74, 6) is 1.03. The lowest BCUT2D eigenvalue weighted by molar-refractivity contribution is 0.111. The number of carbonyl (C=O) groups is 2. The molecule has 0 N–H and O–H groups in total. The van der Waals surface area contributed by atoms with Crippen LogP contribution in [0, 0.1) is 0 Å². The number of aldehydes is 2. The molecule has 4 nitrogen and oxygen atoms in total. The zero-order chi connectivity index (χ0) is 23.3. The first-order valence-corrected chi connectivity index (χ1v) is 13.1. The lowest BCUT2D eigenvalue weighted by Gasteiger charge is -2.14. The van der Waals surface area contributed by atoms with E-state index in [1.807, 2.05) is 0 Å². The van der Waals surface area contributed by atoms with E-state index in [9.17, 15) is 9.59 Å². The molecular weight excluding hydrogens is 400 g/mol. The predicted molar refractivity (Wildman–Crippen MR) is 133 cm³/mol. The van der Waals surface area contributed by atoms with Crippen molar-refractivity contribution in [3.05, 3.63) is 23.3 Å². The Morgan fingerprint density at radius 2 is 0.875 bits per heavy atom. The van der Waals surface area contributed by atoms with Gasteiger partial charge in [0.15, 0.2) is 12.6 Å².